The van der Waals surface area contributed by atoms with Crippen molar-refractivity contribution in [1.82, 2.24) is 0 Å². The third-order valence-electron chi connectivity index (χ3n) is 2.08. The van der Waals surface area contributed by atoms with Crippen LogP contribution in [-0.4, -0.2) is 0 Å². The smallest absolute Gasteiger partial charge is 0.203 e. The number of rotatable bonds is 3. The molecule has 2 aromatic rings. The summed E-state index contributed by atoms with van der Waals surface area (Å²) in [5, 5.41) is 1.69. The summed E-state index contributed by atoms with van der Waals surface area (Å²) in [6.45, 7) is -0.182. The minimum Gasteiger partial charge on any atom is -0.483 e. The first-order valence-corrected chi connectivity index (χ1v) is 6.35. The molecule has 96 valence electrons. The summed E-state index contributed by atoms with van der Waals surface area (Å²) in [6.07, 6.45) is 0. The van der Waals surface area contributed by atoms with Crippen molar-refractivity contribution in [2.45, 2.75) is 6.61 Å². The lowest BCUT2D eigenvalue weighted by Crippen LogP contribution is -2.03. The van der Waals surface area contributed by atoms with E-state index in [2.05, 4.69) is 15.9 Å². The van der Waals surface area contributed by atoms with Crippen LogP contribution in [0.4, 0.5) is 17.6 Å². The lowest BCUT2D eigenvalue weighted by Gasteiger charge is -2.08. The molecule has 7 heteroatoms. The minimum atomic E-state index is -1.54. The van der Waals surface area contributed by atoms with Crippen LogP contribution in [0, 0.1) is 23.3 Å². The summed E-state index contributed by atoms with van der Waals surface area (Å²) < 4.78 is 57.8. The van der Waals surface area contributed by atoms with E-state index in [1.54, 1.807) is 11.4 Å². The summed E-state index contributed by atoms with van der Waals surface area (Å²) in [5.41, 5.74) is 0.635. The van der Waals surface area contributed by atoms with E-state index >= 15 is 0 Å². The van der Waals surface area contributed by atoms with Crippen LogP contribution in [0.5, 0.6) is 5.75 Å². The fourth-order valence-electron chi connectivity index (χ4n) is 1.25. The van der Waals surface area contributed by atoms with Gasteiger partial charge in [0.15, 0.2) is 17.4 Å². The van der Waals surface area contributed by atoms with E-state index in [1.165, 1.54) is 11.3 Å². The molecular formula is C11H5BrF4OS. The van der Waals surface area contributed by atoms with E-state index in [-0.39, 0.29) is 12.7 Å². The number of ether oxygens (including phenoxy) is 1. The Morgan fingerprint density at radius 1 is 1.06 bits per heavy atom. The van der Waals surface area contributed by atoms with E-state index in [0.717, 1.165) is 3.79 Å². The zero-order valence-corrected chi connectivity index (χ0v) is 11.0. The molecule has 1 aromatic heterocycles. The molecule has 0 aliphatic heterocycles. The van der Waals surface area contributed by atoms with Gasteiger partial charge >= 0.3 is 0 Å². The van der Waals surface area contributed by atoms with Crippen molar-refractivity contribution in [2.75, 3.05) is 0 Å². The number of thiophene rings is 1. The summed E-state index contributed by atoms with van der Waals surface area (Å²) in [6, 6.07) is 1.81. The fraction of sp³-hybridized carbons (Fsp3) is 0.0909. The maximum Gasteiger partial charge on any atom is 0.203 e. The van der Waals surface area contributed by atoms with Gasteiger partial charge in [0.1, 0.15) is 6.61 Å². The Hall–Kier alpha value is -1.08. The van der Waals surface area contributed by atoms with E-state index in [0.29, 0.717) is 5.56 Å². The highest BCUT2D eigenvalue weighted by Crippen LogP contribution is 2.28. The monoisotopic (exact) mass is 340 g/mol. The summed E-state index contributed by atoms with van der Waals surface area (Å²) in [7, 11) is 0. The first-order chi connectivity index (χ1) is 8.49. The largest absolute Gasteiger partial charge is 0.483 e. The van der Waals surface area contributed by atoms with Gasteiger partial charge in [-0.2, -0.15) is 8.78 Å². The highest BCUT2D eigenvalue weighted by molar-refractivity contribution is 9.11. The van der Waals surface area contributed by atoms with Gasteiger partial charge in [0, 0.05) is 11.6 Å². The van der Waals surface area contributed by atoms with Crippen molar-refractivity contribution < 1.29 is 22.3 Å². The molecule has 18 heavy (non-hydrogen) atoms. The second kappa shape index (κ2) is 5.27. The Kier molecular flexibility index (Phi) is 3.91. The summed E-state index contributed by atoms with van der Waals surface area (Å²) in [4.78, 5) is 0. The van der Waals surface area contributed by atoms with Gasteiger partial charge in [0.25, 0.3) is 0 Å². The van der Waals surface area contributed by atoms with Crippen molar-refractivity contribution in [3.63, 3.8) is 0 Å². The van der Waals surface area contributed by atoms with Crippen LogP contribution in [-0.2, 0) is 6.61 Å². The van der Waals surface area contributed by atoms with E-state index in [4.69, 9.17) is 4.74 Å². The molecular weight excluding hydrogens is 336 g/mol. The fourth-order valence-corrected chi connectivity index (χ4v) is 2.45. The molecule has 1 aromatic carbocycles. The molecule has 0 aliphatic rings. The van der Waals surface area contributed by atoms with Crippen molar-refractivity contribution in [3.8, 4) is 5.75 Å². The van der Waals surface area contributed by atoms with Gasteiger partial charge in [-0.05, 0) is 27.4 Å². The Labute approximate surface area is 112 Å². The molecule has 0 bridgehead atoms. The van der Waals surface area contributed by atoms with Crippen molar-refractivity contribution in [2.24, 2.45) is 0 Å². The molecule has 0 fully saturated rings. The molecule has 0 atom stereocenters. The number of hydrogen-bond donors (Lipinski definition) is 0. The molecule has 2 rings (SSSR count). The SMILES string of the molecule is Fc1cc(F)c(F)c(OCc2csc(Br)c2)c1F. The molecule has 0 unspecified atom stereocenters. The van der Waals surface area contributed by atoms with Gasteiger partial charge in [-0.25, -0.2) is 8.78 Å². The third-order valence-corrected chi connectivity index (χ3v) is 3.63. The van der Waals surface area contributed by atoms with Crippen LogP contribution < -0.4 is 4.74 Å². The predicted octanol–water partition coefficient (Wildman–Crippen LogP) is 4.65. The van der Waals surface area contributed by atoms with Gasteiger partial charge in [-0.1, -0.05) is 0 Å². The highest BCUT2D eigenvalue weighted by atomic mass is 79.9. The summed E-state index contributed by atoms with van der Waals surface area (Å²) in [5.74, 6) is -7.10. The molecule has 0 amide bonds. The van der Waals surface area contributed by atoms with Crippen molar-refractivity contribution in [3.05, 3.63) is 50.1 Å². The summed E-state index contributed by atoms with van der Waals surface area (Å²) >= 11 is 4.56. The number of halogens is 5. The molecule has 0 saturated heterocycles. The zero-order valence-electron chi connectivity index (χ0n) is 8.65. The van der Waals surface area contributed by atoms with Crippen LogP contribution in [0.2, 0.25) is 0 Å². The van der Waals surface area contributed by atoms with Crippen molar-refractivity contribution in [1.29, 1.82) is 0 Å². The Morgan fingerprint density at radius 3 is 2.17 bits per heavy atom. The quantitative estimate of drug-likeness (QED) is 0.584. The molecule has 0 saturated carbocycles. The van der Waals surface area contributed by atoms with Crippen LogP contribution in [0.25, 0.3) is 0 Å². The second-order valence-electron chi connectivity index (χ2n) is 3.35. The lowest BCUT2D eigenvalue weighted by molar-refractivity contribution is 0.262. The Morgan fingerprint density at radius 2 is 1.67 bits per heavy atom. The van der Waals surface area contributed by atoms with E-state index in [1.807, 2.05) is 0 Å². The second-order valence-corrected chi connectivity index (χ2v) is 5.64. The minimum absolute atomic E-state index is 0.138. The van der Waals surface area contributed by atoms with Gasteiger partial charge < -0.3 is 4.74 Å². The predicted molar refractivity (Wildman–Crippen MR) is 62.6 cm³/mol. The molecule has 0 spiro atoms. The zero-order chi connectivity index (χ0) is 13.3. The van der Waals surface area contributed by atoms with Gasteiger partial charge in [0.2, 0.25) is 11.6 Å². The van der Waals surface area contributed by atoms with Gasteiger partial charge in [-0.15, -0.1) is 11.3 Å². The van der Waals surface area contributed by atoms with Gasteiger partial charge in [-0.3, -0.25) is 0 Å². The Balaban J connectivity index is 2.24. The molecule has 0 aliphatic carbocycles. The Bertz CT molecular complexity index is 558. The van der Waals surface area contributed by atoms with Crippen LogP contribution in [0.15, 0.2) is 21.3 Å². The average Bonchev–Trinajstić information content (AvgIpc) is 2.73. The third kappa shape index (κ3) is 2.67. The number of benzene rings is 1. The van der Waals surface area contributed by atoms with Crippen LogP contribution in [0.3, 0.4) is 0 Å². The molecule has 0 radical (unpaired) electrons. The van der Waals surface area contributed by atoms with E-state index < -0.39 is 29.0 Å². The normalized spacial score (nSPS) is 10.7. The number of hydrogen-bond acceptors (Lipinski definition) is 2. The first kappa shape index (κ1) is 13.4. The van der Waals surface area contributed by atoms with Gasteiger partial charge in [0.05, 0.1) is 3.79 Å². The maximum absolute atomic E-state index is 13.2. The topological polar surface area (TPSA) is 9.23 Å². The molecule has 0 N–H and O–H groups in total. The van der Waals surface area contributed by atoms with Crippen LogP contribution in [0.1, 0.15) is 5.56 Å². The van der Waals surface area contributed by atoms with Crippen LogP contribution >= 0.6 is 27.3 Å². The molecule has 1 heterocycles. The molecule has 1 nitrogen and oxygen atoms in total. The van der Waals surface area contributed by atoms with E-state index in [9.17, 15) is 17.6 Å². The maximum atomic E-state index is 13.2. The van der Waals surface area contributed by atoms with Crippen molar-refractivity contribution >= 4 is 27.3 Å². The standard InChI is InChI=1S/C11H5BrF4OS/c12-8-1-5(4-18-8)3-17-11-9(15)6(13)2-7(14)10(11)16/h1-2,4H,3H2. The first-order valence-electron chi connectivity index (χ1n) is 4.67. The lowest BCUT2D eigenvalue weighted by atomic mass is 10.3. The average molecular weight is 341 g/mol. The highest BCUT2D eigenvalue weighted by Gasteiger charge is 2.20.